The Bertz CT molecular complexity index is 674. The van der Waals surface area contributed by atoms with Crippen LogP contribution in [-0.2, 0) is 4.79 Å². The molecule has 2 fully saturated rings. The molecule has 136 valence electrons. The lowest BCUT2D eigenvalue weighted by atomic mass is 9.72. The van der Waals surface area contributed by atoms with Crippen LogP contribution in [0.25, 0.3) is 0 Å². The Kier molecular flexibility index (Phi) is 5.29. The first-order chi connectivity index (χ1) is 11.9. The summed E-state index contributed by atoms with van der Waals surface area (Å²) in [6.45, 7) is 2.04. The van der Waals surface area contributed by atoms with Gasteiger partial charge in [0.05, 0.1) is 12.2 Å². The van der Waals surface area contributed by atoms with Gasteiger partial charge < -0.3 is 14.9 Å². The van der Waals surface area contributed by atoms with Gasteiger partial charge in [-0.2, -0.15) is 0 Å². The third-order valence-electron chi connectivity index (χ3n) is 5.39. The number of halogens is 2. The lowest BCUT2D eigenvalue weighted by molar-refractivity contribution is -0.139. The molecule has 3 rings (SSSR count). The molecule has 1 aromatic carbocycles. The molecule has 0 aromatic heterocycles. The summed E-state index contributed by atoms with van der Waals surface area (Å²) in [5, 5.41) is 9.38. The van der Waals surface area contributed by atoms with Crippen LogP contribution in [0.4, 0.5) is 4.39 Å². The van der Waals surface area contributed by atoms with E-state index in [0.29, 0.717) is 32.6 Å². The summed E-state index contributed by atoms with van der Waals surface area (Å²) in [5.74, 6) is -0.834. The highest BCUT2D eigenvalue weighted by Crippen LogP contribution is 2.40. The number of aliphatic hydroxyl groups is 1. The predicted octanol–water partition coefficient (Wildman–Crippen LogP) is 2.32. The average molecular weight is 369 g/mol. The number of hydrogen-bond donors (Lipinski definition) is 1. The molecule has 1 aromatic rings. The maximum absolute atomic E-state index is 14.0. The monoisotopic (exact) mass is 368 g/mol. The van der Waals surface area contributed by atoms with Crippen LogP contribution >= 0.6 is 11.6 Å². The molecule has 5 nitrogen and oxygen atoms in total. The molecule has 1 spiro atoms. The van der Waals surface area contributed by atoms with Gasteiger partial charge in [0, 0.05) is 37.6 Å². The number of piperidine rings is 2. The van der Waals surface area contributed by atoms with E-state index in [0.717, 1.165) is 25.3 Å². The summed E-state index contributed by atoms with van der Waals surface area (Å²) < 4.78 is 14.0. The van der Waals surface area contributed by atoms with Gasteiger partial charge in [0.25, 0.3) is 5.91 Å². The van der Waals surface area contributed by atoms with E-state index in [1.165, 1.54) is 12.1 Å². The number of nitrogens with zero attached hydrogens (tertiary/aromatic N) is 2. The van der Waals surface area contributed by atoms with Crippen LogP contribution in [0.15, 0.2) is 18.2 Å². The topological polar surface area (TPSA) is 60.9 Å². The van der Waals surface area contributed by atoms with Crippen LogP contribution in [0.3, 0.4) is 0 Å². The SMILES string of the molecule is O=C1CCC2(CCN(C(=O)c3ccc(Cl)cc3F)CC2)CN1CCO. The van der Waals surface area contributed by atoms with Gasteiger partial charge in [-0.15, -0.1) is 0 Å². The van der Waals surface area contributed by atoms with Crippen LogP contribution in [0.1, 0.15) is 36.0 Å². The van der Waals surface area contributed by atoms with Crippen LogP contribution < -0.4 is 0 Å². The third kappa shape index (κ3) is 3.80. The highest BCUT2D eigenvalue weighted by molar-refractivity contribution is 6.30. The number of carbonyl (C=O) groups is 2. The predicted molar refractivity (Wildman–Crippen MR) is 91.9 cm³/mol. The van der Waals surface area contributed by atoms with Crippen molar-refractivity contribution >= 4 is 23.4 Å². The van der Waals surface area contributed by atoms with E-state index in [1.54, 1.807) is 9.80 Å². The van der Waals surface area contributed by atoms with Gasteiger partial charge in [0.15, 0.2) is 0 Å². The fourth-order valence-electron chi connectivity index (χ4n) is 3.85. The maximum atomic E-state index is 14.0. The molecule has 7 heteroatoms. The smallest absolute Gasteiger partial charge is 0.256 e. The maximum Gasteiger partial charge on any atom is 0.256 e. The zero-order chi connectivity index (χ0) is 18.0. The fraction of sp³-hybridized carbons (Fsp3) is 0.556. The van der Waals surface area contributed by atoms with Crippen molar-refractivity contribution < 1.29 is 19.1 Å². The minimum absolute atomic E-state index is 0.00159. The molecule has 2 heterocycles. The number of benzene rings is 1. The van der Waals surface area contributed by atoms with E-state index >= 15 is 0 Å². The van der Waals surface area contributed by atoms with Gasteiger partial charge in [-0.1, -0.05) is 11.6 Å². The van der Waals surface area contributed by atoms with E-state index < -0.39 is 5.82 Å². The quantitative estimate of drug-likeness (QED) is 0.890. The molecule has 0 radical (unpaired) electrons. The van der Waals surface area contributed by atoms with Crippen molar-refractivity contribution in [3.8, 4) is 0 Å². The van der Waals surface area contributed by atoms with Crippen LogP contribution in [0.2, 0.25) is 5.02 Å². The van der Waals surface area contributed by atoms with Crippen molar-refractivity contribution in [2.24, 2.45) is 5.41 Å². The molecule has 0 saturated carbocycles. The van der Waals surface area contributed by atoms with Crippen molar-refractivity contribution in [2.45, 2.75) is 25.7 Å². The van der Waals surface area contributed by atoms with Crippen molar-refractivity contribution in [1.82, 2.24) is 9.80 Å². The lowest BCUT2D eigenvalue weighted by Crippen LogP contribution is -2.52. The van der Waals surface area contributed by atoms with Crippen LogP contribution in [0.5, 0.6) is 0 Å². The summed E-state index contributed by atoms with van der Waals surface area (Å²) in [6, 6.07) is 4.09. The minimum Gasteiger partial charge on any atom is -0.395 e. The number of rotatable bonds is 3. The molecule has 2 amide bonds. The van der Waals surface area contributed by atoms with E-state index in [2.05, 4.69) is 0 Å². The molecule has 2 aliphatic heterocycles. The Hall–Kier alpha value is -1.66. The Morgan fingerprint density at radius 3 is 2.64 bits per heavy atom. The van der Waals surface area contributed by atoms with Gasteiger partial charge in [0.2, 0.25) is 5.91 Å². The largest absolute Gasteiger partial charge is 0.395 e. The molecule has 2 saturated heterocycles. The number of carbonyl (C=O) groups excluding carboxylic acids is 2. The molecular formula is C18H22ClFN2O3. The van der Waals surface area contributed by atoms with Crippen molar-refractivity contribution in [3.63, 3.8) is 0 Å². The van der Waals surface area contributed by atoms with Gasteiger partial charge >= 0.3 is 0 Å². The fourth-order valence-corrected chi connectivity index (χ4v) is 4.01. The highest BCUT2D eigenvalue weighted by atomic mass is 35.5. The van der Waals surface area contributed by atoms with Crippen molar-refractivity contribution in [3.05, 3.63) is 34.6 Å². The summed E-state index contributed by atoms with van der Waals surface area (Å²) in [4.78, 5) is 27.9. The van der Waals surface area contributed by atoms with Crippen LogP contribution in [-0.4, -0.2) is 59.5 Å². The van der Waals surface area contributed by atoms with E-state index in [4.69, 9.17) is 16.7 Å². The van der Waals surface area contributed by atoms with E-state index in [9.17, 15) is 14.0 Å². The first kappa shape index (κ1) is 18.1. The summed E-state index contributed by atoms with van der Waals surface area (Å²) in [6.07, 6.45) is 2.86. The Balaban J connectivity index is 1.65. The molecule has 1 N–H and O–H groups in total. The van der Waals surface area contributed by atoms with Gasteiger partial charge in [0.1, 0.15) is 5.82 Å². The first-order valence-corrected chi connectivity index (χ1v) is 8.95. The zero-order valence-electron chi connectivity index (χ0n) is 14.0. The average Bonchev–Trinajstić information content (AvgIpc) is 2.59. The first-order valence-electron chi connectivity index (χ1n) is 8.57. The Morgan fingerprint density at radius 2 is 2.00 bits per heavy atom. The summed E-state index contributed by atoms with van der Waals surface area (Å²) in [7, 11) is 0. The van der Waals surface area contributed by atoms with Crippen molar-refractivity contribution in [1.29, 1.82) is 0 Å². The molecule has 0 aliphatic carbocycles. The van der Waals surface area contributed by atoms with Crippen molar-refractivity contribution in [2.75, 3.05) is 32.8 Å². The Labute approximate surface area is 151 Å². The van der Waals surface area contributed by atoms with Gasteiger partial charge in [-0.05, 0) is 42.9 Å². The second-order valence-electron chi connectivity index (χ2n) is 6.96. The second-order valence-corrected chi connectivity index (χ2v) is 7.39. The third-order valence-corrected chi connectivity index (χ3v) is 5.63. The number of amides is 2. The lowest BCUT2D eigenvalue weighted by Gasteiger charge is -2.47. The molecular weight excluding hydrogens is 347 g/mol. The summed E-state index contributed by atoms with van der Waals surface area (Å²) in [5.41, 5.74) is 0.0411. The minimum atomic E-state index is -0.602. The van der Waals surface area contributed by atoms with Gasteiger partial charge in [-0.25, -0.2) is 4.39 Å². The molecule has 0 unspecified atom stereocenters. The second kappa shape index (κ2) is 7.30. The summed E-state index contributed by atoms with van der Waals surface area (Å²) >= 11 is 5.74. The normalized spacial score (nSPS) is 20.2. The molecule has 0 bridgehead atoms. The molecule has 25 heavy (non-hydrogen) atoms. The van der Waals surface area contributed by atoms with Gasteiger partial charge in [-0.3, -0.25) is 9.59 Å². The zero-order valence-corrected chi connectivity index (χ0v) is 14.8. The number of hydrogen-bond acceptors (Lipinski definition) is 3. The highest BCUT2D eigenvalue weighted by Gasteiger charge is 2.41. The van der Waals surface area contributed by atoms with Crippen LogP contribution in [0, 0.1) is 11.2 Å². The number of aliphatic hydroxyl groups excluding tert-OH is 1. The number of likely N-dealkylation sites (tertiary alicyclic amines) is 2. The standard InChI is InChI=1S/C18H22ClFN2O3/c19-13-1-2-14(15(20)11-13)17(25)21-7-5-18(6-8-21)4-3-16(24)22(12-18)9-10-23/h1-2,11,23H,3-10,12H2. The van der Waals surface area contributed by atoms with E-state index in [1.807, 2.05) is 0 Å². The number of β-amino-alcohol motifs (C(OH)–C–C–N with tert-alkyl or cyclic N) is 1. The molecule has 2 aliphatic rings. The Morgan fingerprint density at radius 1 is 1.28 bits per heavy atom. The molecule has 0 atom stereocenters. The van der Waals surface area contributed by atoms with E-state index in [-0.39, 0.29) is 34.4 Å².